The molecule has 0 unspecified atom stereocenters. The van der Waals surface area contributed by atoms with Gasteiger partial charge >= 0.3 is 0 Å². The molecule has 0 fully saturated rings. The summed E-state index contributed by atoms with van der Waals surface area (Å²) in [6.07, 6.45) is 2.02. The third-order valence-electron chi connectivity index (χ3n) is 4.19. The highest BCUT2D eigenvalue weighted by atomic mass is 16.7. The second-order valence-electron chi connectivity index (χ2n) is 5.86. The number of nitrogens with one attached hydrogen (secondary N) is 1. The number of rotatable bonds is 6. The first kappa shape index (κ1) is 16.9. The van der Waals surface area contributed by atoms with E-state index in [-0.39, 0.29) is 12.7 Å². The summed E-state index contributed by atoms with van der Waals surface area (Å²) in [4.78, 5) is 16.6. The molecule has 1 aromatic heterocycles. The number of hydrogen-bond acceptors (Lipinski definition) is 6. The first-order valence-electron chi connectivity index (χ1n) is 8.46. The van der Waals surface area contributed by atoms with Gasteiger partial charge in [0.05, 0.1) is 12.8 Å². The van der Waals surface area contributed by atoms with Gasteiger partial charge in [-0.05, 0) is 30.3 Å². The van der Waals surface area contributed by atoms with Crippen LogP contribution >= 0.6 is 0 Å². The summed E-state index contributed by atoms with van der Waals surface area (Å²) in [7, 11) is 1.57. The molecule has 0 aliphatic carbocycles. The van der Waals surface area contributed by atoms with E-state index in [0.717, 1.165) is 11.5 Å². The Balaban J connectivity index is 1.41. The van der Waals surface area contributed by atoms with Crippen molar-refractivity contribution >= 4 is 5.91 Å². The quantitative estimate of drug-likeness (QED) is 0.718. The Morgan fingerprint density at radius 1 is 1.22 bits per heavy atom. The number of benzene rings is 2. The van der Waals surface area contributed by atoms with Crippen LogP contribution in [0, 0.1) is 0 Å². The predicted octanol–water partition coefficient (Wildman–Crippen LogP) is 1.98. The van der Waals surface area contributed by atoms with Gasteiger partial charge in [0, 0.05) is 24.6 Å². The van der Waals surface area contributed by atoms with E-state index in [0.29, 0.717) is 35.8 Å². The van der Waals surface area contributed by atoms with Crippen molar-refractivity contribution in [1.82, 2.24) is 20.1 Å². The molecule has 0 bridgehead atoms. The van der Waals surface area contributed by atoms with E-state index < -0.39 is 0 Å². The molecule has 0 saturated carbocycles. The van der Waals surface area contributed by atoms with Crippen molar-refractivity contribution in [2.45, 2.75) is 6.42 Å². The topological polar surface area (TPSA) is 87.5 Å². The number of fused-ring (bicyclic) bond motifs is 1. The third kappa shape index (κ3) is 3.55. The molecule has 27 heavy (non-hydrogen) atoms. The molecular weight excluding hydrogens is 348 g/mol. The molecule has 3 aromatic rings. The van der Waals surface area contributed by atoms with Crippen molar-refractivity contribution in [3.05, 3.63) is 60.2 Å². The average Bonchev–Trinajstić information content (AvgIpc) is 3.36. The maximum absolute atomic E-state index is 12.3. The minimum Gasteiger partial charge on any atom is -0.497 e. The van der Waals surface area contributed by atoms with E-state index >= 15 is 0 Å². The van der Waals surface area contributed by atoms with Crippen LogP contribution in [0.2, 0.25) is 0 Å². The van der Waals surface area contributed by atoms with Crippen molar-refractivity contribution in [2.75, 3.05) is 20.4 Å². The zero-order valence-corrected chi connectivity index (χ0v) is 14.7. The largest absolute Gasteiger partial charge is 0.497 e. The van der Waals surface area contributed by atoms with Gasteiger partial charge in [0.15, 0.2) is 11.5 Å². The van der Waals surface area contributed by atoms with Crippen LogP contribution in [0.3, 0.4) is 0 Å². The molecule has 0 spiro atoms. The summed E-state index contributed by atoms with van der Waals surface area (Å²) in [6.45, 7) is 0.651. The average molecular weight is 366 g/mol. The number of amides is 1. The Morgan fingerprint density at radius 2 is 2.11 bits per heavy atom. The van der Waals surface area contributed by atoms with Crippen molar-refractivity contribution in [3.8, 4) is 22.9 Å². The number of aromatic nitrogens is 3. The summed E-state index contributed by atoms with van der Waals surface area (Å²) in [5.41, 5.74) is 1.37. The summed E-state index contributed by atoms with van der Waals surface area (Å²) >= 11 is 0. The number of carbonyl (C=O) groups excluding carboxylic acids is 1. The van der Waals surface area contributed by atoms with E-state index in [2.05, 4.69) is 15.4 Å². The van der Waals surface area contributed by atoms with Gasteiger partial charge in [-0.25, -0.2) is 9.67 Å². The fourth-order valence-electron chi connectivity index (χ4n) is 2.82. The molecule has 0 atom stereocenters. The molecular formula is C19H18N4O4. The van der Waals surface area contributed by atoms with Gasteiger partial charge in [0.2, 0.25) is 6.79 Å². The lowest BCUT2D eigenvalue weighted by atomic mass is 10.2. The van der Waals surface area contributed by atoms with Crippen molar-refractivity contribution in [3.63, 3.8) is 0 Å². The number of hydrogen-bond donors (Lipinski definition) is 1. The number of ether oxygens (including phenoxy) is 3. The lowest BCUT2D eigenvalue weighted by Gasteiger charge is -2.08. The molecule has 1 aliphatic rings. The number of methoxy groups -OCH3 is 1. The van der Waals surface area contributed by atoms with Crippen molar-refractivity contribution in [2.24, 2.45) is 0 Å². The molecule has 1 aliphatic heterocycles. The summed E-state index contributed by atoms with van der Waals surface area (Å²) in [6, 6.07) is 12.6. The molecule has 8 heteroatoms. The zero-order valence-electron chi connectivity index (χ0n) is 14.7. The van der Waals surface area contributed by atoms with Gasteiger partial charge < -0.3 is 19.5 Å². The monoisotopic (exact) mass is 366 g/mol. The molecule has 1 amide bonds. The highest BCUT2D eigenvalue weighted by molar-refractivity contribution is 5.94. The summed E-state index contributed by atoms with van der Waals surface area (Å²) in [5, 5.41) is 7.16. The van der Waals surface area contributed by atoms with E-state index in [4.69, 9.17) is 14.2 Å². The second kappa shape index (κ2) is 7.36. The van der Waals surface area contributed by atoms with Gasteiger partial charge in [0.25, 0.3) is 5.91 Å². The Bertz CT molecular complexity index is 970. The van der Waals surface area contributed by atoms with Gasteiger partial charge in [0.1, 0.15) is 17.9 Å². The maximum Gasteiger partial charge on any atom is 0.251 e. The Kier molecular flexibility index (Phi) is 4.61. The first-order valence-corrected chi connectivity index (χ1v) is 8.46. The minimum absolute atomic E-state index is 0.164. The Morgan fingerprint density at radius 3 is 3.00 bits per heavy atom. The Labute approximate surface area is 155 Å². The molecule has 8 nitrogen and oxygen atoms in total. The van der Waals surface area contributed by atoms with Gasteiger partial charge in [-0.1, -0.05) is 6.07 Å². The highest BCUT2D eigenvalue weighted by Gasteiger charge is 2.16. The van der Waals surface area contributed by atoms with Crippen LogP contribution in [-0.4, -0.2) is 41.1 Å². The minimum atomic E-state index is -0.164. The first-order chi connectivity index (χ1) is 13.2. The summed E-state index contributed by atoms with van der Waals surface area (Å²) in [5.74, 6) is 2.61. The standard InChI is InChI=1S/C19H18N4O4/c1-25-15-4-2-3-13(9-15)19(24)20-8-7-18-21-11-22-23(18)14-5-6-16-17(10-14)27-12-26-16/h2-6,9-11H,7-8,12H2,1H3,(H,20,24). The number of nitrogens with zero attached hydrogens (tertiary/aromatic N) is 3. The second-order valence-corrected chi connectivity index (χ2v) is 5.86. The van der Waals surface area contributed by atoms with Crippen LogP contribution < -0.4 is 19.5 Å². The molecule has 0 saturated heterocycles. The molecule has 4 rings (SSSR count). The molecule has 2 heterocycles. The number of carbonyl (C=O) groups is 1. The van der Waals surface area contributed by atoms with Crippen LogP contribution in [0.4, 0.5) is 0 Å². The molecule has 0 radical (unpaired) electrons. The zero-order chi connectivity index (χ0) is 18.6. The maximum atomic E-state index is 12.3. The van der Waals surface area contributed by atoms with Gasteiger partial charge in [-0.15, -0.1) is 0 Å². The van der Waals surface area contributed by atoms with Gasteiger partial charge in [-0.3, -0.25) is 4.79 Å². The van der Waals surface area contributed by atoms with Crippen molar-refractivity contribution in [1.29, 1.82) is 0 Å². The highest BCUT2D eigenvalue weighted by Crippen LogP contribution is 2.33. The fraction of sp³-hybridized carbons (Fsp3) is 0.211. The van der Waals surface area contributed by atoms with Crippen LogP contribution in [0.15, 0.2) is 48.8 Å². The lowest BCUT2D eigenvalue weighted by Crippen LogP contribution is -2.26. The van der Waals surface area contributed by atoms with Crippen LogP contribution in [0.1, 0.15) is 16.2 Å². The molecule has 1 N–H and O–H groups in total. The lowest BCUT2D eigenvalue weighted by molar-refractivity contribution is 0.0953. The smallest absolute Gasteiger partial charge is 0.251 e. The van der Waals surface area contributed by atoms with E-state index in [1.165, 1.54) is 6.33 Å². The molecule has 138 valence electrons. The third-order valence-corrected chi connectivity index (χ3v) is 4.19. The predicted molar refractivity (Wildman–Crippen MR) is 96.5 cm³/mol. The van der Waals surface area contributed by atoms with E-state index in [1.807, 2.05) is 18.2 Å². The molecule has 2 aromatic carbocycles. The van der Waals surface area contributed by atoms with Gasteiger partial charge in [-0.2, -0.15) is 5.10 Å². The normalized spacial score (nSPS) is 12.0. The van der Waals surface area contributed by atoms with Crippen LogP contribution in [0.25, 0.3) is 5.69 Å². The Hall–Kier alpha value is -3.55. The van der Waals surface area contributed by atoms with Crippen molar-refractivity contribution < 1.29 is 19.0 Å². The van der Waals surface area contributed by atoms with E-state index in [9.17, 15) is 4.79 Å². The summed E-state index contributed by atoms with van der Waals surface area (Å²) < 4.78 is 17.6. The fourth-order valence-corrected chi connectivity index (χ4v) is 2.82. The van der Waals surface area contributed by atoms with Crippen LogP contribution in [0.5, 0.6) is 17.2 Å². The van der Waals surface area contributed by atoms with Crippen LogP contribution in [-0.2, 0) is 6.42 Å². The SMILES string of the molecule is COc1cccc(C(=O)NCCc2ncnn2-c2ccc3c(c2)OCO3)c1. The van der Waals surface area contributed by atoms with E-state index in [1.54, 1.807) is 36.1 Å².